The van der Waals surface area contributed by atoms with Crippen molar-refractivity contribution in [2.45, 2.75) is 24.8 Å². The lowest BCUT2D eigenvalue weighted by atomic mass is 9.78. The van der Waals surface area contributed by atoms with Gasteiger partial charge in [-0.25, -0.2) is 0 Å². The Balaban J connectivity index is 1.95. The number of carbonyl (C=O) groups is 1. The minimum atomic E-state index is -0.190. The smallest absolute Gasteiger partial charge is 0.268 e. The molecule has 0 aliphatic heterocycles. The average molecular weight is 242 g/mol. The highest BCUT2D eigenvalue weighted by atomic mass is 35.5. The van der Waals surface area contributed by atoms with Gasteiger partial charge in [-0.15, -0.1) is 0 Å². The number of rotatable bonds is 3. The Bertz CT molecular complexity index is 409. The van der Waals surface area contributed by atoms with Gasteiger partial charge in [0.2, 0.25) is 0 Å². The maximum absolute atomic E-state index is 11.8. The summed E-state index contributed by atoms with van der Waals surface area (Å²) in [7, 11) is 1.79. The van der Waals surface area contributed by atoms with Gasteiger partial charge in [-0.1, -0.05) is 11.6 Å². The van der Waals surface area contributed by atoms with Gasteiger partial charge in [0.1, 0.15) is 5.69 Å². The van der Waals surface area contributed by atoms with Gasteiger partial charge in [0.15, 0.2) is 0 Å². The Morgan fingerprint density at radius 2 is 2.38 bits per heavy atom. The molecule has 4 nitrogen and oxygen atoms in total. The minimum absolute atomic E-state index is 0.119. The summed E-state index contributed by atoms with van der Waals surface area (Å²) in [5.41, 5.74) is 6.40. The van der Waals surface area contributed by atoms with Crippen LogP contribution in [0.2, 0.25) is 5.02 Å². The summed E-state index contributed by atoms with van der Waals surface area (Å²) in [6.07, 6.45) is 4.84. The number of carbonyl (C=O) groups excluding carboxylic acids is 1. The van der Waals surface area contributed by atoms with E-state index >= 15 is 0 Å². The first-order valence-corrected chi connectivity index (χ1v) is 5.77. The van der Waals surface area contributed by atoms with Crippen LogP contribution >= 0.6 is 11.6 Å². The third kappa shape index (κ3) is 2.23. The molecule has 0 unspecified atom stereocenters. The molecular formula is C11H16ClN3O. The number of aromatic nitrogens is 1. The van der Waals surface area contributed by atoms with Crippen LogP contribution in [0.1, 0.15) is 29.8 Å². The van der Waals surface area contributed by atoms with E-state index in [-0.39, 0.29) is 11.4 Å². The van der Waals surface area contributed by atoms with Crippen molar-refractivity contribution in [3.05, 3.63) is 23.0 Å². The van der Waals surface area contributed by atoms with Crippen LogP contribution in [0.5, 0.6) is 0 Å². The van der Waals surface area contributed by atoms with E-state index in [0.29, 0.717) is 17.3 Å². The average Bonchev–Trinajstić information content (AvgIpc) is 2.51. The summed E-state index contributed by atoms with van der Waals surface area (Å²) in [6, 6.07) is 1.65. The summed E-state index contributed by atoms with van der Waals surface area (Å²) in [5, 5.41) is 3.42. The Hall–Kier alpha value is -1.00. The minimum Gasteiger partial charge on any atom is -0.349 e. The lowest BCUT2D eigenvalue weighted by molar-refractivity contribution is 0.0921. The van der Waals surface area contributed by atoms with Crippen LogP contribution in [0.25, 0.3) is 0 Å². The molecule has 2 rings (SSSR count). The molecule has 16 heavy (non-hydrogen) atoms. The number of hydrogen-bond donors (Lipinski definition) is 2. The summed E-state index contributed by atoms with van der Waals surface area (Å²) >= 11 is 5.81. The maximum atomic E-state index is 11.8. The summed E-state index contributed by atoms with van der Waals surface area (Å²) < 4.78 is 1.71. The molecule has 1 fully saturated rings. The monoisotopic (exact) mass is 241 g/mol. The second-order valence-corrected chi connectivity index (χ2v) is 4.99. The third-order valence-electron chi connectivity index (χ3n) is 3.15. The van der Waals surface area contributed by atoms with Crippen LogP contribution in [0.4, 0.5) is 0 Å². The first kappa shape index (κ1) is 11.5. The van der Waals surface area contributed by atoms with Crippen molar-refractivity contribution in [1.29, 1.82) is 0 Å². The molecule has 0 atom stereocenters. The largest absolute Gasteiger partial charge is 0.349 e. The number of nitrogens with one attached hydrogen (secondary N) is 1. The number of aryl methyl sites for hydroxylation is 1. The number of nitrogens with zero attached hydrogens (tertiary/aromatic N) is 1. The fourth-order valence-electron chi connectivity index (χ4n) is 1.90. The Morgan fingerprint density at radius 1 is 1.69 bits per heavy atom. The Labute approximate surface area is 99.8 Å². The van der Waals surface area contributed by atoms with Gasteiger partial charge in [0.05, 0.1) is 5.02 Å². The zero-order chi connectivity index (χ0) is 11.8. The summed E-state index contributed by atoms with van der Waals surface area (Å²) in [4.78, 5) is 11.8. The molecule has 1 amide bonds. The summed E-state index contributed by atoms with van der Waals surface area (Å²) in [6.45, 7) is 0.536. The number of amides is 1. The molecular weight excluding hydrogens is 226 g/mol. The second-order valence-electron chi connectivity index (χ2n) is 4.55. The highest BCUT2D eigenvalue weighted by molar-refractivity contribution is 6.31. The van der Waals surface area contributed by atoms with Crippen molar-refractivity contribution in [1.82, 2.24) is 9.88 Å². The highest BCUT2D eigenvalue weighted by Gasteiger charge is 2.32. The topological polar surface area (TPSA) is 60.0 Å². The van der Waals surface area contributed by atoms with Gasteiger partial charge in [0, 0.05) is 25.3 Å². The van der Waals surface area contributed by atoms with Crippen molar-refractivity contribution >= 4 is 17.5 Å². The van der Waals surface area contributed by atoms with Gasteiger partial charge in [-0.2, -0.15) is 0 Å². The second kappa shape index (κ2) is 4.11. The molecule has 0 spiro atoms. The van der Waals surface area contributed by atoms with Crippen LogP contribution < -0.4 is 11.1 Å². The van der Waals surface area contributed by atoms with Crippen molar-refractivity contribution in [2.24, 2.45) is 12.8 Å². The van der Waals surface area contributed by atoms with Crippen LogP contribution in [-0.4, -0.2) is 22.6 Å². The standard InChI is InChI=1S/C11H16ClN3O/c1-15-6-8(12)5-9(15)10(16)14-7-11(13)3-2-4-11/h5-6H,2-4,7,13H2,1H3,(H,14,16). The predicted molar refractivity (Wildman–Crippen MR) is 63.5 cm³/mol. The van der Waals surface area contributed by atoms with E-state index in [1.54, 1.807) is 23.9 Å². The van der Waals surface area contributed by atoms with Crippen molar-refractivity contribution in [3.63, 3.8) is 0 Å². The molecule has 1 saturated carbocycles. The van der Waals surface area contributed by atoms with E-state index in [2.05, 4.69) is 5.32 Å². The van der Waals surface area contributed by atoms with E-state index in [1.165, 1.54) is 0 Å². The van der Waals surface area contributed by atoms with Crippen molar-refractivity contribution in [2.75, 3.05) is 6.54 Å². The zero-order valence-electron chi connectivity index (χ0n) is 9.29. The van der Waals surface area contributed by atoms with Crippen LogP contribution in [0, 0.1) is 0 Å². The van der Waals surface area contributed by atoms with Gasteiger partial charge in [0.25, 0.3) is 5.91 Å². The maximum Gasteiger partial charge on any atom is 0.268 e. The highest BCUT2D eigenvalue weighted by Crippen LogP contribution is 2.28. The van der Waals surface area contributed by atoms with E-state index < -0.39 is 0 Å². The first-order chi connectivity index (χ1) is 7.50. The molecule has 1 aliphatic rings. The molecule has 5 heteroatoms. The van der Waals surface area contributed by atoms with Crippen molar-refractivity contribution in [3.8, 4) is 0 Å². The van der Waals surface area contributed by atoms with Gasteiger partial charge in [-0.05, 0) is 25.3 Å². The lowest BCUT2D eigenvalue weighted by Crippen LogP contribution is -2.55. The molecule has 1 aliphatic carbocycles. The molecule has 0 bridgehead atoms. The Kier molecular flexibility index (Phi) is 2.95. The van der Waals surface area contributed by atoms with Crippen LogP contribution in [0.3, 0.4) is 0 Å². The molecule has 3 N–H and O–H groups in total. The third-order valence-corrected chi connectivity index (χ3v) is 3.36. The van der Waals surface area contributed by atoms with Crippen LogP contribution in [-0.2, 0) is 7.05 Å². The van der Waals surface area contributed by atoms with Gasteiger partial charge < -0.3 is 15.6 Å². The molecule has 1 aromatic heterocycles. The van der Waals surface area contributed by atoms with Gasteiger partial charge in [-0.3, -0.25) is 4.79 Å². The normalized spacial score (nSPS) is 17.9. The Morgan fingerprint density at radius 3 is 2.81 bits per heavy atom. The lowest BCUT2D eigenvalue weighted by Gasteiger charge is -2.38. The molecule has 0 radical (unpaired) electrons. The number of halogens is 1. The number of nitrogens with two attached hydrogens (primary N) is 1. The van der Waals surface area contributed by atoms with E-state index in [9.17, 15) is 4.79 Å². The van der Waals surface area contributed by atoms with E-state index in [0.717, 1.165) is 19.3 Å². The van der Waals surface area contributed by atoms with E-state index in [4.69, 9.17) is 17.3 Å². The zero-order valence-corrected chi connectivity index (χ0v) is 10.0. The first-order valence-electron chi connectivity index (χ1n) is 5.39. The predicted octanol–water partition coefficient (Wildman–Crippen LogP) is 1.29. The SMILES string of the molecule is Cn1cc(Cl)cc1C(=O)NCC1(N)CCC1. The quantitative estimate of drug-likeness (QED) is 0.838. The summed E-state index contributed by atoms with van der Waals surface area (Å²) in [5.74, 6) is -0.119. The molecule has 1 aromatic rings. The van der Waals surface area contributed by atoms with Crippen molar-refractivity contribution < 1.29 is 4.79 Å². The molecule has 1 heterocycles. The fourth-order valence-corrected chi connectivity index (χ4v) is 2.15. The number of hydrogen-bond acceptors (Lipinski definition) is 2. The fraction of sp³-hybridized carbons (Fsp3) is 0.545. The van der Waals surface area contributed by atoms with Crippen LogP contribution in [0.15, 0.2) is 12.3 Å². The molecule has 0 saturated heterocycles. The van der Waals surface area contributed by atoms with E-state index in [1.807, 2.05) is 0 Å². The van der Waals surface area contributed by atoms with Gasteiger partial charge >= 0.3 is 0 Å². The molecule has 0 aromatic carbocycles. The molecule has 88 valence electrons.